The minimum Gasteiger partial charge on any atom is -0.457 e. The number of nitrogens with zero attached hydrogens (tertiary/aromatic N) is 1. The van der Waals surface area contributed by atoms with Crippen LogP contribution in [0.3, 0.4) is 0 Å². The molecule has 26 heavy (non-hydrogen) atoms. The highest BCUT2D eigenvalue weighted by Crippen LogP contribution is 2.57. The Balaban J connectivity index is 1.29. The molecule has 0 radical (unpaired) electrons. The summed E-state index contributed by atoms with van der Waals surface area (Å²) in [5.74, 6) is 2.40. The molecule has 3 atom stereocenters. The van der Waals surface area contributed by atoms with Crippen molar-refractivity contribution < 1.29 is 9.21 Å². The number of rotatable bonds is 4. The third-order valence-electron chi connectivity index (χ3n) is 5.83. The van der Waals surface area contributed by atoms with Crippen LogP contribution in [-0.2, 0) is 11.3 Å². The number of alkyl halides is 1. The van der Waals surface area contributed by atoms with E-state index in [-0.39, 0.29) is 11.3 Å². The van der Waals surface area contributed by atoms with Gasteiger partial charge in [0.2, 0.25) is 5.91 Å². The highest BCUT2D eigenvalue weighted by atomic mass is 79.9. The van der Waals surface area contributed by atoms with Crippen molar-refractivity contribution in [3.05, 3.63) is 42.2 Å². The van der Waals surface area contributed by atoms with Crippen LogP contribution in [0.4, 0.5) is 0 Å². The number of hydrogen-bond acceptors (Lipinski definition) is 4. The number of halogens is 1. The summed E-state index contributed by atoms with van der Waals surface area (Å²) in [6, 6.07) is 11.9. The molecule has 3 unspecified atom stereocenters. The Morgan fingerprint density at radius 2 is 2.23 bits per heavy atom. The van der Waals surface area contributed by atoms with Crippen LogP contribution < -0.4 is 5.32 Å². The van der Waals surface area contributed by atoms with Gasteiger partial charge >= 0.3 is 0 Å². The predicted molar refractivity (Wildman–Crippen MR) is 106 cm³/mol. The van der Waals surface area contributed by atoms with E-state index in [4.69, 9.17) is 4.42 Å². The zero-order chi connectivity index (χ0) is 17.7. The van der Waals surface area contributed by atoms with E-state index in [0.29, 0.717) is 17.3 Å². The Morgan fingerprint density at radius 1 is 1.35 bits per heavy atom. The molecule has 2 aliphatic rings. The first-order valence-electron chi connectivity index (χ1n) is 9.01. The van der Waals surface area contributed by atoms with Crippen LogP contribution in [0.2, 0.25) is 0 Å². The Kier molecular flexibility index (Phi) is 3.94. The van der Waals surface area contributed by atoms with Crippen molar-refractivity contribution in [3.8, 4) is 10.8 Å². The van der Waals surface area contributed by atoms with Crippen molar-refractivity contribution in [1.82, 2.24) is 10.3 Å². The molecule has 134 valence electrons. The van der Waals surface area contributed by atoms with Crippen LogP contribution >= 0.6 is 27.3 Å². The summed E-state index contributed by atoms with van der Waals surface area (Å²) >= 11 is 5.36. The number of nitrogens with one attached hydrogen (secondary N) is 1. The highest BCUT2D eigenvalue weighted by molar-refractivity contribution is 9.09. The number of hydrogen-bond donors (Lipinski definition) is 1. The number of amides is 1. The Bertz CT molecular complexity index is 948. The summed E-state index contributed by atoms with van der Waals surface area (Å²) in [7, 11) is 0. The molecule has 2 aromatic heterocycles. The summed E-state index contributed by atoms with van der Waals surface area (Å²) in [6.45, 7) is 0.426. The Hall–Kier alpha value is -1.66. The summed E-state index contributed by atoms with van der Waals surface area (Å²) in [5, 5.41) is 3.97. The average molecular weight is 431 g/mol. The van der Waals surface area contributed by atoms with Gasteiger partial charge in [-0.15, -0.1) is 11.3 Å². The molecule has 6 heteroatoms. The predicted octanol–water partition coefficient (Wildman–Crippen LogP) is 5.13. The highest BCUT2D eigenvalue weighted by Gasteiger charge is 2.55. The van der Waals surface area contributed by atoms with Crippen LogP contribution in [0.5, 0.6) is 0 Å². The van der Waals surface area contributed by atoms with E-state index in [1.807, 2.05) is 30.3 Å². The van der Waals surface area contributed by atoms with Crippen LogP contribution in [0.25, 0.3) is 21.0 Å². The molecule has 3 aromatic rings. The van der Waals surface area contributed by atoms with Gasteiger partial charge in [-0.1, -0.05) is 28.1 Å². The smallest absolute Gasteiger partial charge is 0.227 e. The quantitative estimate of drug-likeness (QED) is 0.583. The van der Waals surface area contributed by atoms with Gasteiger partial charge in [-0.2, -0.15) is 0 Å². The van der Waals surface area contributed by atoms with E-state index < -0.39 is 0 Å². The maximum absolute atomic E-state index is 12.8. The van der Waals surface area contributed by atoms with Gasteiger partial charge in [0.05, 0.1) is 22.2 Å². The number of benzene rings is 1. The van der Waals surface area contributed by atoms with Crippen LogP contribution in [0.15, 0.2) is 40.8 Å². The Morgan fingerprint density at radius 3 is 3.00 bits per heavy atom. The number of furan rings is 1. The van der Waals surface area contributed by atoms with Crippen molar-refractivity contribution >= 4 is 43.4 Å². The summed E-state index contributed by atoms with van der Waals surface area (Å²) in [4.78, 5) is 17.7. The molecule has 0 aliphatic heterocycles. The van der Waals surface area contributed by atoms with E-state index in [1.54, 1.807) is 11.3 Å². The lowest BCUT2D eigenvalue weighted by atomic mass is 9.83. The number of fused-ring (bicyclic) bond motifs is 3. The third kappa shape index (κ3) is 2.62. The van der Waals surface area contributed by atoms with Gasteiger partial charge in [0, 0.05) is 4.83 Å². The van der Waals surface area contributed by atoms with Crippen molar-refractivity contribution in [2.24, 2.45) is 11.3 Å². The first-order chi connectivity index (χ1) is 12.6. The van der Waals surface area contributed by atoms with Gasteiger partial charge < -0.3 is 9.73 Å². The number of para-hydroxylation sites is 1. The standard InChI is InChI=1S/C20H19BrN2O2S/c21-17-9-12-7-8-20(17,10-12)19(24)22-11-13-5-6-15(25-13)18-23-14-3-1-2-4-16(14)26-18/h1-6,12,17H,7-11H2,(H,22,24). The number of thiazole rings is 1. The van der Waals surface area contributed by atoms with Crippen molar-refractivity contribution in [3.63, 3.8) is 0 Å². The molecule has 2 heterocycles. The molecule has 1 N–H and O–H groups in total. The van der Waals surface area contributed by atoms with Gasteiger partial charge in [-0.05, 0) is 55.9 Å². The molecule has 4 nitrogen and oxygen atoms in total. The van der Waals surface area contributed by atoms with E-state index in [0.717, 1.165) is 46.0 Å². The monoisotopic (exact) mass is 430 g/mol. The summed E-state index contributed by atoms with van der Waals surface area (Å²) < 4.78 is 7.08. The number of carbonyl (C=O) groups excluding carboxylic acids is 1. The molecule has 1 aromatic carbocycles. The third-order valence-corrected chi connectivity index (χ3v) is 8.13. The molecule has 0 spiro atoms. The topological polar surface area (TPSA) is 55.1 Å². The second-order valence-electron chi connectivity index (χ2n) is 7.40. The molecule has 5 rings (SSSR count). The molecule has 2 saturated carbocycles. The van der Waals surface area contributed by atoms with Crippen LogP contribution in [-0.4, -0.2) is 15.7 Å². The van der Waals surface area contributed by atoms with Gasteiger partial charge in [0.1, 0.15) is 5.76 Å². The molecule has 2 aliphatic carbocycles. The van der Waals surface area contributed by atoms with E-state index in [2.05, 4.69) is 32.3 Å². The first-order valence-corrected chi connectivity index (χ1v) is 10.7. The fourth-order valence-corrected chi connectivity index (χ4v) is 6.52. The second kappa shape index (κ2) is 6.20. The normalized spacial score (nSPS) is 27.3. The Labute approximate surface area is 164 Å². The minimum atomic E-state index is -0.215. The second-order valence-corrected chi connectivity index (χ2v) is 9.54. The fraction of sp³-hybridized carbons (Fsp3) is 0.400. The zero-order valence-electron chi connectivity index (χ0n) is 14.2. The van der Waals surface area contributed by atoms with Crippen LogP contribution in [0.1, 0.15) is 31.4 Å². The van der Waals surface area contributed by atoms with Gasteiger partial charge in [-0.3, -0.25) is 4.79 Å². The molecule has 2 bridgehead atoms. The lowest BCUT2D eigenvalue weighted by Gasteiger charge is -2.29. The maximum Gasteiger partial charge on any atom is 0.227 e. The van der Waals surface area contributed by atoms with Gasteiger partial charge in [-0.25, -0.2) is 4.98 Å². The lowest BCUT2D eigenvalue weighted by molar-refractivity contribution is -0.130. The zero-order valence-corrected chi connectivity index (χ0v) is 16.6. The number of aromatic nitrogens is 1. The SMILES string of the molecule is O=C(NCc1ccc(-c2nc3ccccc3s2)o1)C12CCC(CC1Br)C2. The fourth-order valence-electron chi connectivity index (χ4n) is 4.44. The first kappa shape index (κ1) is 16.5. The van der Waals surface area contributed by atoms with Crippen LogP contribution in [0, 0.1) is 11.3 Å². The summed E-state index contributed by atoms with van der Waals surface area (Å²) in [6.07, 6.45) is 4.31. The maximum atomic E-state index is 12.8. The van der Waals surface area contributed by atoms with E-state index >= 15 is 0 Å². The van der Waals surface area contributed by atoms with E-state index in [1.165, 1.54) is 6.42 Å². The van der Waals surface area contributed by atoms with Crippen molar-refractivity contribution in [2.75, 3.05) is 0 Å². The van der Waals surface area contributed by atoms with Gasteiger partial charge in [0.15, 0.2) is 10.8 Å². The lowest BCUT2D eigenvalue weighted by Crippen LogP contribution is -2.43. The molecule has 1 amide bonds. The number of carbonyl (C=O) groups is 1. The largest absolute Gasteiger partial charge is 0.457 e. The summed E-state index contributed by atoms with van der Waals surface area (Å²) in [5.41, 5.74) is 0.769. The van der Waals surface area contributed by atoms with Crippen molar-refractivity contribution in [1.29, 1.82) is 0 Å². The molecular formula is C20H19BrN2O2S. The molecule has 2 fully saturated rings. The van der Waals surface area contributed by atoms with E-state index in [9.17, 15) is 4.79 Å². The average Bonchev–Trinajstić information content (AvgIpc) is 3.40. The van der Waals surface area contributed by atoms with Gasteiger partial charge in [0.25, 0.3) is 0 Å². The molecular weight excluding hydrogens is 412 g/mol. The van der Waals surface area contributed by atoms with Crippen molar-refractivity contribution in [2.45, 2.75) is 37.1 Å². The minimum absolute atomic E-state index is 0.164. The molecule has 0 saturated heterocycles.